The monoisotopic (exact) mass is 318 g/mol. The van der Waals surface area contributed by atoms with E-state index in [1.165, 1.54) is 5.56 Å². The maximum Gasteiger partial charge on any atom is 0.276 e. The van der Waals surface area contributed by atoms with Crippen LogP contribution >= 0.6 is 15.9 Å². The number of pyridine rings is 1. The Hall–Kier alpha value is -1.68. The minimum atomic E-state index is -0.112. The second-order valence-corrected chi connectivity index (χ2v) is 5.43. The molecule has 1 heterocycles. The van der Waals surface area contributed by atoms with Crippen LogP contribution in [0, 0.1) is 13.8 Å². The Bertz CT molecular complexity index is 608. The number of hydrogen-bond donors (Lipinski definition) is 0. The Balaban J connectivity index is 2.30. The highest BCUT2D eigenvalue weighted by Gasteiger charge is 2.16. The van der Waals surface area contributed by atoms with E-state index in [0.29, 0.717) is 5.69 Å². The lowest BCUT2D eigenvalue weighted by molar-refractivity contribution is 0.0988. The SMILES string of the molecule is Cc1ccc(N(C)C(=O)c2ccc(Br)cn2)c(C)c1. The van der Waals surface area contributed by atoms with Gasteiger partial charge >= 0.3 is 0 Å². The molecular weight excluding hydrogens is 304 g/mol. The van der Waals surface area contributed by atoms with Crippen LogP contribution < -0.4 is 4.90 Å². The normalized spacial score (nSPS) is 10.3. The Morgan fingerprint density at radius 2 is 1.95 bits per heavy atom. The van der Waals surface area contributed by atoms with Crippen LogP contribution in [-0.2, 0) is 0 Å². The number of carbonyl (C=O) groups excluding carboxylic acids is 1. The standard InChI is InChI=1S/C15H15BrN2O/c1-10-4-7-14(11(2)8-10)18(3)15(19)13-6-5-12(16)9-17-13/h4-9H,1-3H3. The fourth-order valence-electron chi connectivity index (χ4n) is 1.97. The molecule has 0 fully saturated rings. The molecule has 0 unspecified atom stereocenters. The van der Waals surface area contributed by atoms with Gasteiger partial charge in [-0.2, -0.15) is 0 Å². The summed E-state index contributed by atoms with van der Waals surface area (Å²) in [7, 11) is 1.77. The predicted octanol–water partition coefficient (Wildman–Crippen LogP) is 3.74. The molecule has 0 bridgehead atoms. The summed E-state index contributed by atoms with van der Waals surface area (Å²) < 4.78 is 0.859. The summed E-state index contributed by atoms with van der Waals surface area (Å²) >= 11 is 3.31. The predicted molar refractivity (Wildman–Crippen MR) is 80.6 cm³/mol. The highest BCUT2D eigenvalue weighted by atomic mass is 79.9. The number of amides is 1. The molecule has 0 radical (unpaired) electrons. The molecule has 3 nitrogen and oxygen atoms in total. The number of halogens is 1. The summed E-state index contributed by atoms with van der Waals surface area (Å²) in [6.45, 7) is 4.04. The van der Waals surface area contributed by atoms with Crippen molar-refractivity contribution in [2.45, 2.75) is 13.8 Å². The molecule has 1 aromatic heterocycles. The third-order valence-corrected chi connectivity index (χ3v) is 3.43. The topological polar surface area (TPSA) is 33.2 Å². The minimum Gasteiger partial charge on any atom is -0.310 e. The van der Waals surface area contributed by atoms with Crippen LogP contribution in [0.3, 0.4) is 0 Å². The van der Waals surface area contributed by atoms with Crippen LogP contribution in [0.5, 0.6) is 0 Å². The number of carbonyl (C=O) groups is 1. The van der Waals surface area contributed by atoms with E-state index in [2.05, 4.69) is 27.0 Å². The fraction of sp³-hybridized carbons (Fsp3) is 0.200. The third-order valence-electron chi connectivity index (χ3n) is 2.96. The average Bonchev–Trinajstić information content (AvgIpc) is 2.38. The second-order valence-electron chi connectivity index (χ2n) is 4.52. The van der Waals surface area contributed by atoms with Gasteiger partial charge in [-0.3, -0.25) is 4.79 Å². The number of aromatic nitrogens is 1. The van der Waals surface area contributed by atoms with Crippen LogP contribution in [0.2, 0.25) is 0 Å². The van der Waals surface area contributed by atoms with Gasteiger partial charge in [0.05, 0.1) is 0 Å². The molecule has 0 aliphatic rings. The van der Waals surface area contributed by atoms with Crippen LogP contribution in [0.1, 0.15) is 21.6 Å². The van der Waals surface area contributed by atoms with Gasteiger partial charge in [0.25, 0.3) is 5.91 Å². The van der Waals surface area contributed by atoms with Crippen LogP contribution in [0.15, 0.2) is 41.0 Å². The zero-order chi connectivity index (χ0) is 14.0. The molecule has 0 aliphatic carbocycles. The lowest BCUT2D eigenvalue weighted by Gasteiger charge is -2.19. The molecule has 0 saturated carbocycles. The van der Waals surface area contributed by atoms with E-state index in [9.17, 15) is 4.79 Å². The molecule has 0 spiro atoms. The summed E-state index contributed by atoms with van der Waals surface area (Å²) in [5.41, 5.74) is 3.60. The largest absolute Gasteiger partial charge is 0.310 e. The summed E-state index contributed by atoms with van der Waals surface area (Å²) in [6, 6.07) is 9.55. The Morgan fingerprint density at radius 3 is 2.53 bits per heavy atom. The van der Waals surface area contributed by atoms with Gasteiger partial charge in [-0.05, 0) is 53.5 Å². The first-order valence-electron chi connectivity index (χ1n) is 5.96. The molecular formula is C15H15BrN2O. The maximum absolute atomic E-state index is 12.3. The van der Waals surface area contributed by atoms with Gasteiger partial charge in [-0.15, -0.1) is 0 Å². The van der Waals surface area contributed by atoms with Crippen molar-refractivity contribution in [2.24, 2.45) is 0 Å². The number of rotatable bonds is 2. The van der Waals surface area contributed by atoms with Crippen LogP contribution in [0.4, 0.5) is 5.69 Å². The smallest absolute Gasteiger partial charge is 0.276 e. The van der Waals surface area contributed by atoms with Gasteiger partial charge in [-0.1, -0.05) is 17.7 Å². The van der Waals surface area contributed by atoms with E-state index >= 15 is 0 Å². The van der Waals surface area contributed by atoms with Crippen LogP contribution in [0.25, 0.3) is 0 Å². The van der Waals surface area contributed by atoms with E-state index in [-0.39, 0.29) is 5.91 Å². The Morgan fingerprint density at radius 1 is 1.21 bits per heavy atom. The molecule has 1 amide bonds. The lowest BCUT2D eigenvalue weighted by Crippen LogP contribution is -2.27. The highest BCUT2D eigenvalue weighted by Crippen LogP contribution is 2.21. The molecule has 2 rings (SSSR count). The first-order chi connectivity index (χ1) is 8.99. The zero-order valence-corrected chi connectivity index (χ0v) is 12.7. The molecule has 0 N–H and O–H groups in total. The van der Waals surface area contributed by atoms with Crippen molar-refractivity contribution in [3.63, 3.8) is 0 Å². The second kappa shape index (κ2) is 5.53. The van der Waals surface area contributed by atoms with Gasteiger partial charge in [-0.25, -0.2) is 4.98 Å². The van der Waals surface area contributed by atoms with E-state index in [1.807, 2.05) is 32.0 Å². The highest BCUT2D eigenvalue weighted by molar-refractivity contribution is 9.10. The summed E-state index contributed by atoms with van der Waals surface area (Å²) in [6.07, 6.45) is 1.63. The summed E-state index contributed by atoms with van der Waals surface area (Å²) in [5.74, 6) is -0.112. The number of anilines is 1. The van der Waals surface area contributed by atoms with Crippen molar-refractivity contribution in [2.75, 3.05) is 11.9 Å². The lowest BCUT2D eigenvalue weighted by atomic mass is 10.1. The quantitative estimate of drug-likeness (QED) is 0.845. The number of nitrogens with zero attached hydrogens (tertiary/aromatic N) is 2. The van der Waals surface area contributed by atoms with E-state index in [0.717, 1.165) is 15.7 Å². The van der Waals surface area contributed by atoms with Gasteiger partial charge in [0.15, 0.2) is 0 Å². The Kier molecular flexibility index (Phi) is 4.00. The molecule has 0 atom stereocenters. The first kappa shape index (κ1) is 13.7. The number of benzene rings is 1. The van der Waals surface area contributed by atoms with Crippen molar-refractivity contribution < 1.29 is 4.79 Å². The van der Waals surface area contributed by atoms with Crippen molar-refractivity contribution in [3.8, 4) is 0 Å². The van der Waals surface area contributed by atoms with Crippen LogP contribution in [-0.4, -0.2) is 17.9 Å². The van der Waals surface area contributed by atoms with Gasteiger partial charge in [0.2, 0.25) is 0 Å². The molecule has 2 aromatic rings. The molecule has 19 heavy (non-hydrogen) atoms. The number of aryl methyl sites for hydroxylation is 2. The maximum atomic E-state index is 12.3. The van der Waals surface area contributed by atoms with Crippen molar-refractivity contribution in [1.82, 2.24) is 4.98 Å². The summed E-state index contributed by atoms with van der Waals surface area (Å²) in [4.78, 5) is 18.1. The summed E-state index contributed by atoms with van der Waals surface area (Å²) in [5, 5.41) is 0. The molecule has 0 aliphatic heterocycles. The molecule has 4 heteroatoms. The van der Waals surface area contributed by atoms with Gasteiger partial charge in [0, 0.05) is 23.4 Å². The van der Waals surface area contributed by atoms with Gasteiger partial charge < -0.3 is 4.90 Å². The average molecular weight is 319 g/mol. The van der Waals surface area contributed by atoms with Crippen molar-refractivity contribution >= 4 is 27.5 Å². The van der Waals surface area contributed by atoms with Crippen molar-refractivity contribution in [3.05, 3.63) is 57.8 Å². The first-order valence-corrected chi connectivity index (χ1v) is 6.75. The molecule has 0 saturated heterocycles. The van der Waals surface area contributed by atoms with Gasteiger partial charge in [0.1, 0.15) is 5.69 Å². The molecule has 1 aromatic carbocycles. The molecule has 98 valence electrons. The van der Waals surface area contributed by atoms with E-state index in [1.54, 1.807) is 24.2 Å². The van der Waals surface area contributed by atoms with Crippen molar-refractivity contribution in [1.29, 1.82) is 0 Å². The Labute approximate surface area is 121 Å². The number of hydrogen-bond acceptors (Lipinski definition) is 2. The third kappa shape index (κ3) is 3.01. The van der Waals surface area contributed by atoms with E-state index in [4.69, 9.17) is 0 Å². The zero-order valence-electron chi connectivity index (χ0n) is 11.1. The minimum absolute atomic E-state index is 0.112. The van der Waals surface area contributed by atoms with E-state index < -0.39 is 0 Å². The fourth-order valence-corrected chi connectivity index (χ4v) is 2.20.